The first-order chi connectivity index (χ1) is 5.97. The minimum Gasteiger partial charge on any atom is -0.686 e. The number of piperidine rings is 1. The van der Waals surface area contributed by atoms with Crippen LogP contribution in [-0.4, -0.2) is 30.1 Å². The van der Waals surface area contributed by atoms with E-state index >= 15 is 0 Å². The fourth-order valence-electron chi connectivity index (χ4n) is 1.68. The van der Waals surface area contributed by atoms with Crippen LogP contribution >= 0.6 is 0 Å². The third-order valence-electron chi connectivity index (χ3n) is 2.36. The van der Waals surface area contributed by atoms with Crippen molar-refractivity contribution in [3.05, 3.63) is 34.6 Å². The van der Waals surface area contributed by atoms with E-state index in [2.05, 4.69) is 28.9 Å². The Kier molecular flexibility index (Phi) is 10.4. The molecular formula is C10H18N2O2Pd. The monoisotopic (exact) mass is 304 g/mol. The Labute approximate surface area is 104 Å². The third-order valence-corrected chi connectivity index (χ3v) is 2.36. The van der Waals surface area contributed by atoms with Crippen LogP contribution in [0.1, 0.15) is 19.3 Å². The molecule has 2 heterocycles. The number of nitrogens with zero attached hydrogens (tertiary/aromatic N) is 2. The molecule has 4 nitrogen and oxygen atoms in total. The van der Waals surface area contributed by atoms with Gasteiger partial charge in [-0.2, -0.15) is 5.70 Å². The normalized spacial score (nSPS) is 23.5. The molecule has 0 radical (unpaired) electrons. The second kappa shape index (κ2) is 9.08. The molecule has 0 saturated carbocycles. The maximum absolute atomic E-state index is 4.56. The topological polar surface area (TPSA) is 91.2 Å². The van der Waals surface area contributed by atoms with Crippen LogP contribution in [0.4, 0.5) is 0 Å². The Morgan fingerprint density at radius 1 is 1.20 bits per heavy atom. The predicted octanol–water partition coefficient (Wildman–Crippen LogP) is 1.09. The average Bonchev–Trinajstić information content (AvgIpc) is 2.21. The Morgan fingerprint density at radius 3 is 2.53 bits per heavy atom. The van der Waals surface area contributed by atoms with Gasteiger partial charge in [-0.05, 0) is 0 Å². The minimum absolute atomic E-state index is 0. The van der Waals surface area contributed by atoms with Crippen LogP contribution < -0.4 is 0 Å². The van der Waals surface area contributed by atoms with E-state index in [0.717, 1.165) is 13.1 Å². The first kappa shape index (κ1) is 17.2. The van der Waals surface area contributed by atoms with E-state index in [0.29, 0.717) is 6.04 Å². The summed E-state index contributed by atoms with van der Waals surface area (Å²) in [6, 6.07) is 0.406. The fourth-order valence-corrected chi connectivity index (χ4v) is 1.68. The molecule has 1 fully saturated rings. The summed E-state index contributed by atoms with van der Waals surface area (Å²) >= 11 is 0. The van der Waals surface area contributed by atoms with E-state index in [1.165, 1.54) is 25.0 Å². The molecule has 1 atom stereocenters. The summed E-state index contributed by atoms with van der Waals surface area (Å²) in [6.07, 6.45) is 10.0. The summed E-state index contributed by atoms with van der Waals surface area (Å²) in [5.74, 6) is 0. The zero-order valence-electron chi connectivity index (χ0n) is 8.56. The SMILES string of the molecule is C1=CC[N-]C(C2CCCC[N-]2)=C1.O.O.[Pd+2]. The second-order valence-corrected chi connectivity index (χ2v) is 3.28. The van der Waals surface area contributed by atoms with Crippen molar-refractivity contribution in [3.8, 4) is 0 Å². The zero-order valence-corrected chi connectivity index (χ0v) is 10.1. The molecule has 4 N–H and O–H groups in total. The van der Waals surface area contributed by atoms with Crippen molar-refractivity contribution in [3.63, 3.8) is 0 Å². The summed E-state index contributed by atoms with van der Waals surface area (Å²) in [6.45, 7) is 1.87. The van der Waals surface area contributed by atoms with E-state index in [4.69, 9.17) is 0 Å². The Bertz CT molecular complexity index is 213. The Balaban J connectivity index is 0. The van der Waals surface area contributed by atoms with E-state index < -0.39 is 0 Å². The van der Waals surface area contributed by atoms with Crippen LogP contribution in [0.15, 0.2) is 23.9 Å². The maximum atomic E-state index is 4.56. The van der Waals surface area contributed by atoms with Crippen molar-refractivity contribution in [2.75, 3.05) is 13.1 Å². The predicted molar refractivity (Wildman–Crippen MR) is 58.5 cm³/mol. The number of rotatable bonds is 1. The standard InChI is InChI=1S/C10H14N2.2H2O.Pd/c1-3-7-11-9(5-1)10-6-2-4-8-12-10;;;/h1,3,5,10H,2,4,6-8H2;2*1H2;/q-2;;;+2. The molecule has 2 aliphatic heterocycles. The van der Waals surface area contributed by atoms with Gasteiger partial charge in [-0.25, -0.2) is 0 Å². The third kappa shape index (κ3) is 4.92. The molecule has 1 saturated heterocycles. The van der Waals surface area contributed by atoms with Gasteiger partial charge >= 0.3 is 20.4 Å². The van der Waals surface area contributed by atoms with Gasteiger partial charge in [-0.3, -0.25) is 0 Å². The molecule has 2 aliphatic rings. The van der Waals surface area contributed by atoms with Gasteiger partial charge in [0, 0.05) is 0 Å². The molecule has 0 aromatic carbocycles. The van der Waals surface area contributed by atoms with Crippen LogP contribution in [0.3, 0.4) is 0 Å². The van der Waals surface area contributed by atoms with Gasteiger partial charge in [-0.1, -0.05) is 31.4 Å². The van der Waals surface area contributed by atoms with E-state index in [9.17, 15) is 0 Å². The molecular weight excluding hydrogens is 287 g/mol. The first-order valence-electron chi connectivity index (χ1n) is 4.67. The van der Waals surface area contributed by atoms with Gasteiger partial charge in [0.25, 0.3) is 0 Å². The number of hydrogen-bond donors (Lipinski definition) is 0. The van der Waals surface area contributed by atoms with Crippen molar-refractivity contribution in [2.45, 2.75) is 25.3 Å². The molecule has 0 aromatic heterocycles. The van der Waals surface area contributed by atoms with E-state index in [-0.39, 0.29) is 31.4 Å². The van der Waals surface area contributed by atoms with Crippen LogP contribution in [-0.2, 0) is 20.4 Å². The molecule has 0 bridgehead atoms. The number of allylic oxidation sites excluding steroid dienone is 2. The van der Waals surface area contributed by atoms with Crippen LogP contribution in [0.2, 0.25) is 0 Å². The van der Waals surface area contributed by atoms with E-state index in [1.807, 2.05) is 0 Å². The zero-order chi connectivity index (χ0) is 8.23. The van der Waals surface area contributed by atoms with Crippen LogP contribution in [0, 0.1) is 0 Å². The van der Waals surface area contributed by atoms with Crippen molar-refractivity contribution in [1.29, 1.82) is 0 Å². The molecule has 90 valence electrons. The largest absolute Gasteiger partial charge is 2.00 e. The molecule has 0 aromatic rings. The van der Waals surface area contributed by atoms with Crippen LogP contribution in [0.25, 0.3) is 10.6 Å². The summed E-state index contributed by atoms with van der Waals surface area (Å²) in [7, 11) is 0. The molecule has 2 rings (SSSR count). The summed E-state index contributed by atoms with van der Waals surface area (Å²) in [5, 5.41) is 8.99. The fraction of sp³-hybridized carbons (Fsp3) is 0.600. The maximum Gasteiger partial charge on any atom is 2.00 e. The molecule has 0 spiro atoms. The van der Waals surface area contributed by atoms with Gasteiger partial charge in [0.2, 0.25) is 0 Å². The summed E-state index contributed by atoms with van der Waals surface area (Å²) in [4.78, 5) is 0. The second-order valence-electron chi connectivity index (χ2n) is 3.28. The summed E-state index contributed by atoms with van der Waals surface area (Å²) < 4.78 is 0. The van der Waals surface area contributed by atoms with Crippen molar-refractivity contribution < 1.29 is 31.4 Å². The van der Waals surface area contributed by atoms with Crippen molar-refractivity contribution in [2.24, 2.45) is 0 Å². The summed E-state index contributed by atoms with van der Waals surface area (Å²) in [5.41, 5.74) is 1.19. The van der Waals surface area contributed by atoms with Gasteiger partial charge in [-0.15, -0.1) is 25.2 Å². The Morgan fingerprint density at radius 2 is 2.00 bits per heavy atom. The van der Waals surface area contributed by atoms with Crippen molar-refractivity contribution >= 4 is 0 Å². The molecule has 0 amide bonds. The quantitative estimate of drug-likeness (QED) is 0.649. The van der Waals surface area contributed by atoms with Gasteiger partial charge in [0.15, 0.2) is 0 Å². The molecule has 0 aliphatic carbocycles. The van der Waals surface area contributed by atoms with Gasteiger partial charge < -0.3 is 21.6 Å². The minimum atomic E-state index is 0. The molecule has 1 unspecified atom stereocenters. The number of hydrogen-bond acceptors (Lipinski definition) is 0. The van der Waals surface area contributed by atoms with E-state index in [1.54, 1.807) is 0 Å². The van der Waals surface area contributed by atoms with Crippen molar-refractivity contribution in [1.82, 2.24) is 0 Å². The smallest absolute Gasteiger partial charge is 0.686 e. The molecule has 5 heteroatoms. The molecule has 15 heavy (non-hydrogen) atoms. The van der Waals surface area contributed by atoms with Gasteiger partial charge in [0.1, 0.15) is 0 Å². The first-order valence-corrected chi connectivity index (χ1v) is 4.67. The average molecular weight is 305 g/mol. The van der Waals surface area contributed by atoms with Crippen LogP contribution in [0.5, 0.6) is 0 Å². The van der Waals surface area contributed by atoms with Gasteiger partial charge in [0.05, 0.1) is 0 Å². The Hall–Kier alpha value is -0.178.